The SMILES string of the molecule is CCOC(=O)C1=C(C)N=c2s/c(=C/c3cc(C)n(-c4ccc5ccccc5c4)c3C)c(=O)n2[C@@H]1c1ccc(C)cc1. The van der Waals surface area contributed by atoms with Crippen LogP contribution in [0.1, 0.15) is 48.0 Å². The summed E-state index contributed by atoms with van der Waals surface area (Å²) >= 11 is 1.34. The molecule has 0 aliphatic carbocycles. The van der Waals surface area contributed by atoms with Gasteiger partial charge in [0, 0.05) is 17.1 Å². The number of fused-ring (bicyclic) bond motifs is 2. The number of thiazole rings is 1. The molecule has 3 aromatic carbocycles. The summed E-state index contributed by atoms with van der Waals surface area (Å²) in [7, 11) is 0. The van der Waals surface area contributed by atoms with E-state index in [2.05, 4.69) is 54.8 Å². The first-order valence-corrected chi connectivity index (χ1v) is 14.5. The summed E-state index contributed by atoms with van der Waals surface area (Å²) in [6.07, 6.45) is 1.94. The number of ether oxygens (including phenoxy) is 1. The van der Waals surface area contributed by atoms with Gasteiger partial charge in [-0.1, -0.05) is 71.5 Å². The van der Waals surface area contributed by atoms with Crippen LogP contribution >= 0.6 is 11.3 Å². The summed E-state index contributed by atoms with van der Waals surface area (Å²) in [6.45, 7) is 9.99. The number of allylic oxidation sites excluding steroid dienone is 1. The molecule has 0 bridgehead atoms. The van der Waals surface area contributed by atoms with Crippen molar-refractivity contribution in [1.82, 2.24) is 9.13 Å². The molecule has 0 saturated heterocycles. The lowest BCUT2D eigenvalue weighted by Gasteiger charge is -2.24. The summed E-state index contributed by atoms with van der Waals surface area (Å²) < 4.78 is 9.83. The van der Waals surface area contributed by atoms with E-state index in [0.717, 1.165) is 33.8 Å². The Bertz CT molecular complexity index is 2040. The van der Waals surface area contributed by atoms with Crippen molar-refractivity contribution in [1.29, 1.82) is 0 Å². The maximum atomic E-state index is 14.0. The van der Waals surface area contributed by atoms with Gasteiger partial charge in [0.1, 0.15) is 0 Å². The Kier molecular flexibility index (Phi) is 6.83. The first-order valence-electron chi connectivity index (χ1n) is 13.7. The minimum Gasteiger partial charge on any atom is -0.463 e. The van der Waals surface area contributed by atoms with E-state index in [0.29, 0.717) is 20.6 Å². The average molecular weight is 562 g/mol. The van der Waals surface area contributed by atoms with Crippen LogP contribution < -0.4 is 14.9 Å². The molecule has 0 saturated carbocycles. The quantitative estimate of drug-likeness (QED) is 0.260. The van der Waals surface area contributed by atoms with Crippen LogP contribution in [0.4, 0.5) is 0 Å². The van der Waals surface area contributed by atoms with Crippen molar-refractivity contribution in [2.75, 3.05) is 6.61 Å². The van der Waals surface area contributed by atoms with Crippen molar-refractivity contribution in [3.8, 4) is 5.69 Å². The fraction of sp³-hybridized carbons (Fsp3) is 0.206. The lowest BCUT2D eigenvalue weighted by atomic mass is 9.95. The van der Waals surface area contributed by atoms with Gasteiger partial charge in [0.05, 0.1) is 28.5 Å². The highest BCUT2D eigenvalue weighted by Gasteiger charge is 2.33. The Morgan fingerprint density at radius 2 is 1.71 bits per heavy atom. The predicted octanol–water partition coefficient (Wildman–Crippen LogP) is 5.67. The lowest BCUT2D eigenvalue weighted by molar-refractivity contribution is -0.139. The molecule has 5 aromatic rings. The van der Waals surface area contributed by atoms with Crippen LogP contribution in [0, 0.1) is 20.8 Å². The first-order chi connectivity index (χ1) is 19.8. The summed E-state index contributed by atoms with van der Waals surface area (Å²) in [5.74, 6) is -0.451. The number of hydrogen-bond donors (Lipinski definition) is 0. The molecule has 0 amide bonds. The van der Waals surface area contributed by atoms with Gasteiger partial charge in [0.15, 0.2) is 4.80 Å². The van der Waals surface area contributed by atoms with Crippen molar-refractivity contribution in [3.63, 3.8) is 0 Å². The van der Waals surface area contributed by atoms with Gasteiger partial charge >= 0.3 is 5.97 Å². The van der Waals surface area contributed by atoms with Crippen LogP contribution in [0.15, 0.2) is 93.9 Å². The van der Waals surface area contributed by atoms with Crippen molar-refractivity contribution >= 4 is 34.2 Å². The van der Waals surface area contributed by atoms with Crippen LogP contribution in [0.25, 0.3) is 22.5 Å². The van der Waals surface area contributed by atoms with E-state index in [1.807, 2.05) is 56.3 Å². The molecule has 0 N–H and O–H groups in total. The molecule has 6 rings (SSSR count). The molecule has 6 nitrogen and oxygen atoms in total. The minimum absolute atomic E-state index is 0.177. The van der Waals surface area contributed by atoms with Gasteiger partial charge in [-0.3, -0.25) is 9.36 Å². The van der Waals surface area contributed by atoms with Gasteiger partial charge in [0.2, 0.25) is 0 Å². The third-order valence-corrected chi connectivity index (χ3v) is 8.64. The van der Waals surface area contributed by atoms with Crippen LogP contribution in [0.5, 0.6) is 0 Å². The molecule has 0 fully saturated rings. The number of hydrogen-bond acceptors (Lipinski definition) is 5. The fourth-order valence-electron chi connectivity index (χ4n) is 5.64. The minimum atomic E-state index is -0.613. The van der Waals surface area contributed by atoms with Gasteiger partial charge in [-0.05, 0) is 80.8 Å². The molecule has 41 heavy (non-hydrogen) atoms. The second-order valence-corrected chi connectivity index (χ2v) is 11.4. The number of rotatable bonds is 5. The zero-order valence-electron chi connectivity index (χ0n) is 23.8. The highest BCUT2D eigenvalue weighted by molar-refractivity contribution is 7.07. The topological polar surface area (TPSA) is 65.6 Å². The van der Waals surface area contributed by atoms with E-state index < -0.39 is 12.0 Å². The number of aromatic nitrogens is 2. The molecular formula is C34H31N3O3S. The smallest absolute Gasteiger partial charge is 0.338 e. The van der Waals surface area contributed by atoms with E-state index in [4.69, 9.17) is 9.73 Å². The number of esters is 1. The molecule has 0 unspecified atom stereocenters. The zero-order valence-corrected chi connectivity index (χ0v) is 24.6. The lowest BCUT2D eigenvalue weighted by Crippen LogP contribution is -2.39. The number of carbonyl (C=O) groups is 1. The Balaban J connectivity index is 1.50. The number of aryl methyl sites for hydroxylation is 2. The van der Waals surface area contributed by atoms with Crippen LogP contribution in [0.2, 0.25) is 0 Å². The number of nitrogens with zero attached hydrogens (tertiary/aromatic N) is 3. The maximum absolute atomic E-state index is 14.0. The number of benzene rings is 3. The molecule has 1 atom stereocenters. The predicted molar refractivity (Wildman–Crippen MR) is 164 cm³/mol. The maximum Gasteiger partial charge on any atom is 0.338 e. The second kappa shape index (κ2) is 10.5. The standard InChI is InChI=1S/C34H31N3O3S/c1-6-40-33(39)30-22(4)35-34-37(31(30)25-13-11-20(2)12-14-25)32(38)29(41-34)19-27-17-21(3)36(23(27)5)28-16-15-24-9-7-8-10-26(24)18-28/h7-19,31H,6H2,1-5H3/b29-19+/t31-/m1/s1. The van der Waals surface area contributed by atoms with E-state index in [9.17, 15) is 9.59 Å². The van der Waals surface area contributed by atoms with Gasteiger partial charge < -0.3 is 9.30 Å². The highest BCUT2D eigenvalue weighted by Crippen LogP contribution is 2.31. The molecule has 3 heterocycles. The number of carbonyl (C=O) groups excluding carboxylic acids is 1. The molecule has 2 aromatic heterocycles. The van der Waals surface area contributed by atoms with Gasteiger partial charge in [-0.25, -0.2) is 9.79 Å². The largest absolute Gasteiger partial charge is 0.463 e. The third-order valence-electron chi connectivity index (χ3n) is 7.66. The van der Waals surface area contributed by atoms with E-state index in [1.54, 1.807) is 11.5 Å². The Hall–Kier alpha value is -4.49. The molecule has 0 radical (unpaired) electrons. The Morgan fingerprint density at radius 1 is 0.976 bits per heavy atom. The van der Waals surface area contributed by atoms with Crippen molar-refractivity contribution in [2.45, 2.75) is 40.7 Å². The summed E-state index contributed by atoms with van der Waals surface area (Å²) in [4.78, 5) is 32.4. The first kappa shape index (κ1) is 26.7. The van der Waals surface area contributed by atoms with Crippen LogP contribution in [-0.4, -0.2) is 21.7 Å². The molecule has 7 heteroatoms. The Morgan fingerprint density at radius 3 is 2.44 bits per heavy atom. The van der Waals surface area contributed by atoms with Crippen molar-refractivity contribution < 1.29 is 9.53 Å². The normalized spacial score (nSPS) is 15.2. The average Bonchev–Trinajstić information content (AvgIpc) is 3.41. The van der Waals surface area contributed by atoms with Gasteiger partial charge in [-0.2, -0.15) is 0 Å². The summed E-state index contributed by atoms with van der Waals surface area (Å²) in [5.41, 5.74) is 6.89. The molecular weight excluding hydrogens is 530 g/mol. The molecule has 0 spiro atoms. The summed E-state index contributed by atoms with van der Waals surface area (Å²) in [5, 5.41) is 2.37. The van der Waals surface area contributed by atoms with Crippen molar-refractivity contribution in [2.24, 2.45) is 4.99 Å². The van der Waals surface area contributed by atoms with Gasteiger partial charge in [0.25, 0.3) is 5.56 Å². The van der Waals surface area contributed by atoms with Gasteiger partial charge in [-0.15, -0.1) is 0 Å². The monoisotopic (exact) mass is 561 g/mol. The van der Waals surface area contributed by atoms with E-state index in [-0.39, 0.29) is 12.2 Å². The second-order valence-electron chi connectivity index (χ2n) is 10.4. The third kappa shape index (κ3) is 4.66. The Labute approximate surface area is 242 Å². The zero-order chi connectivity index (χ0) is 28.8. The molecule has 206 valence electrons. The van der Waals surface area contributed by atoms with E-state index in [1.165, 1.54) is 22.1 Å². The molecule has 1 aliphatic rings. The molecule has 1 aliphatic heterocycles. The van der Waals surface area contributed by atoms with E-state index >= 15 is 0 Å². The summed E-state index contributed by atoms with van der Waals surface area (Å²) in [6, 6.07) is 24.2. The van der Waals surface area contributed by atoms with Crippen LogP contribution in [0.3, 0.4) is 0 Å². The highest BCUT2D eigenvalue weighted by atomic mass is 32.1. The fourth-order valence-corrected chi connectivity index (χ4v) is 6.68. The van der Waals surface area contributed by atoms with Crippen LogP contribution in [-0.2, 0) is 9.53 Å². The van der Waals surface area contributed by atoms with Crippen molar-refractivity contribution in [3.05, 3.63) is 132 Å².